The summed E-state index contributed by atoms with van der Waals surface area (Å²) in [5, 5.41) is 3.08. The molecule has 0 aliphatic carbocycles. The van der Waals surface area contributed by atoms with E-state index < -0.39 is 5.54 Å². The van der Waals surface area contributed by atoms with Crippen molar-refractivity contribution in [2.45, 2.75) is 24.4 Å². The largest absolute Gasteiger partial charge is 0.467 e. The number of hydrogen-bond donors (Lipinski definition) is 1. The van der Waals surface area contributed by atoms with Crippen LogP contribution in [0, 0.1) is 0 Å². The molecular formula is C9H11NO3. The lowest BCUT2D eigenvalue weighted by molar-refractivity contribution is -0.149. The number of Topliss-reactive ketones (excluding diaryl/α,β-unsaturated/α-hetero) is 1. The maximum Gasteiger partial charge on any atom is 0.330 e. The van der Waals surface area contributed by atoms with Gasteiger partial charge in [0.1, 0.15) is 11.3 Å². The molecule has 2 aliphatic rings. The molecule has 0 aromatic rings. The van der Waals surface area contributed by atoms with Crippen molar-refractivity contribution in [3.05, 3.63) is 12.2 Å². The lowest BCUT2D eigenvalue weighted by atomic mass is 9.90. The van der Waals surface area contributed by atoms with Gasteiger partial charge >= 0.3 is 5.97 Å². The zero-order chi connectivity index (χ0) is 9.47. The molecule has 0 amide bonds. The van der Waals surface area contributed by atoms with E-state index in [0.717, 1.165) is 0 Å². The van der Waals surface area contributed by atoms with E-state index in [1.807, 2.05) is 6.08 Å². The second-order valence-electron chi connectivity index (χ2n) is 3.49. The third-order valence-corrected chi connectivity index (χ3v) is 2.53. The zero-order valence-corrected chi connectivity index (χ0v) is 7.37. The SMILES string of the molecule is COC(=O)C12C=CC(CC(=O)C1)N2. The molecule has 13 heavy (non-hydrogen) atoms. The van der Waals surface area contributed by atoms with E-state index in [2.05, 4.69) is 10.1 Å². The highest BCUT2D eigenvalue weighted by atomic mass is 16.5. The van der Waals surface area contributed by atoms with Crippen molar-refractivity contribution in [2.75, 3.05) is 7.11 Å². The molecule has 2 rings (SSSR count). The highest BCUT2D eigenvalue weighted by Gasteiger charge is 2.47. The van der Waals surface area contributed by atoms with Gasteiger partial charge in [0.15, 0.2) is 0 Å². The summed E-state index contributed by atoms with van der Waals surface area (Å²) in [6.07, 6.45) is 4.30. The van der Waals surface area contributed by atoms with Crippen molar-refractivity contribution in [3.8, 4) is 0 Å². The van der Waals surface area contributed by atoms with Crippen LogP contribution in [0.3, 0.4) is 0 Å². The van der Waals surface area contributed by atoms with Crippen LogP contribution in [0.2, 0.25) is 0 Å². The molecule has 1 N–H and O–H groups in total. The summed E-state index contributed by atoms with van der Waals surface area (Å²) in [6.45, 7) is 0. The Hall–Kier alpha value is -1.16. The first kappa shape index (κ1) is 8.44. The average Bonchev–Trinajstić information content (AvgIpc) is 2.42. The minimum absolute atomic E-state index is 0.0142. The van der Waals surface area contributed by atoms with Crippen LogP contribution in [-0.4, -0.2) is 30.4 Å². The van der Waals surface area contributed by atoms with E-state index in [-0.39, 0.29) is 24.2 Å². The lowest BCUT2D eigenvalue weighted by Gasteiger charge is -2.30. The van der Waals surface area contributed by atoms with Crippen LogP contribution in [-0.2, 0) is 14.3 Å². The number of ether oxygens (including phenoxy) is 1. The summed E-state index contributed by atoms with van der Waals surface area (Å²) >= 11 is 0. The van der Waals surface area contributed by atoms with Crippen LogP contribution in [0.25, 0.3) is 0 Å². The molecule has 0 radical (unpaired) electrons. The van der Waals surface area contributed by atoms with Crippen LogP contribution < -0.4 is 5.32 Å². The molecular weight excluding hydrogens is 170 g/mol. The smallest absolute Gasteiger partial charge is 0.330 e. The number of fused-ring (bicyclic) bond motifs is 2. The summed E-state index contributed by atoms with van der Waals surface area (Å²) in [7, 11) is 1.33. The fourth-order valence-corrected chi connectivity index (χ4v) is 1.95. The Bertz CT molecular complexity index is 297. The summed E-state index contributed by atoms with van der Waals surface area (Å²) in [5.74, 6) is -0.265. The number of methoxy groups -OCH3 is 1. The van der Waals surface area contributed by atoms with Crippen LogP contribution in [0.5, 0.6) is 0 Å². The number of rotatable bonds is 1. The van der Waals surface area contributed by atoms with E-state index in [1.165, 1.54) is 7.11 Å². The van der Waals surface area contributed by atoms with Crippen molar-refractivity contribution < 1.29 is 14.3 Å². The Labute approximate surface area is 75.9 Å². The van der Waals surface area contributed by atoms with E-state index in [9.17, 15) is 9.59 Å². The number of nitrogens with one attached hydrogen (secondary N) is 1. The Kier molecular flexibility index (Phi) is 1.73. The van der Waals surface area contributed by atoms with Gasteiger partial charge in [0, 0.05) is 18.9 Å². The molecule has 4 nitrogen and oxygen atoms in total. The van der Waals surface area contributed by atoms with Crippen molar-refractivity contribution >= 4 is 11.8 Å². The monoisotopic (exact) mass is 181 g/mol. The number of piperidine rings is 1. The Morgan fingerprint density at radius 1 is 1.77 bits per heavy atom. The fourth-order valence-electron chi connectivity index (χ4n) is 1.95. The highest BCUT2D eigenvalue weighted by Crippen LogP contribution is 2.28. The van der Waals surface area contributed by atoms with Crippen molar-refractivity contribution in [2.24, 2.45) is 0 Å². The first-order chi connectivity index (χ1) is 6.16. The molecule has 2 bridgehead atoms. The van der Waals surface area contributed by atoms with Gasteiger partial charge in [-0.2, -0.15) is 0 Å². The maximum absolute atomic E-state index is 11.4. The minimum atomic E-state index is -0.866. The van der Waals surface area contributed by atoms with Gasteiger partial charge in [0.2, 0.25) is 0 Å². The van der Waals surface area contributed by atoms with Crippen molar-refractivity contribution in [1.29, 1.82) is 0 Å². The summed E-state index contributed by atoms with van der Waals surface area (Å²) in [4.78, 5) is 22.7. The van der Waals surface area contributed by atoms with Crippen LogP contribution in [0.15, 0.2) is 12.2 Å². The predicted octanol–water partition coefficient (Wildman–Crippen LogP) is -0.211. The van der Waals surface area contributed by atoms with E-state index >= 15 is 0 Å². The molecule has 0 saturated carbocycles. The summed E-state index contributed by atoms with van der Waals surface area (Å²) < 4.78 is 4.65. The molecule has 0 aromatic carbocycles. The highest BCUT2D eigenvalue weighted by molar-refractivity contribution is 5.94. The quantitative estimate of drug-likeness (QED) is 0.449. The third-order valence-electron chi connectivity index (χ3n) is 2.53. The van der Waals surface area contributed by atoms with Crippen LogP contribution in [0.4, 0.5) is 0 Å². The first-order valence-corrected chi connectivity index (χ1v) is 4.23. The Morgan fingerprint density at radius 2 is 2.54 bits per heavy atom. The molecule has 1 fully saturated rings. The number of ketones is 1. The number of hydrogen-bond acceptors (Lipinski definition) is 4. The van der Waals surface area contributed by atoms with Crippen LogP contribution in [0.1, 0.15) is 12.8 Å². The second-order valence-corrected chi connectivity index (χ2v) is 3.49. The standard InChI is InChI=1S/C9H11NO3/c1-13-8(12)9-3-2-6(10-9)4-7(11)5-9/h2-3,6,10H,4-5H2,1H3. The molecule has 2 aliphatic heterocycles. The predicted molar refractivity (Wildman–Crippen MR) is 45.1 cm³/mol. The number of carbonyl (C=O) groups excluding carboxylic acids is 2. The maximum atomic E-state index is 11.4. The molecule has 2 heterocycles. The van der Waals surface area contributed by atoms with Gasteiger partial charge in [-0.3, -0.25) is 10.1 Å². The molecule has 0 spiro atoms. The van der Waals surface area contributed by atoms with E-state index in [0.29, 0.717) is 6.42 Å². The molecule has 70 valence electrons. The zero-order valence-electron chi connectivity index (χ0n) is 7.37. The fraction of sp³-hybridized carbons (Fsp3) is 0.556. The van der Waals surface area contributed by atoms with E-state index in [1.54, 1.807) is 6.08 Å². The first-order valence-electron chi connectivity index (χ1n) is 4.23. The Morgan fingerprint density at radius 3 is 3.23 bits per heavy atom. The second kappa shape index (κ2) is 2.67. The van der Waals surface area contributed by atoms with E-state index in [4.69, 9.17) is 0 Å². The molecule has 1 saturated heterocycles. The molecule has 2 unspecified atom stereocenters. The number of esters is 1. The van der Waals surface area contributed by atoms with Crippen molar-refractivity contribution in [1.82, 2.24) is 5.32 Å². The lowest BCUT2D eigenvalue weighted by Crippen LogP contribution is -2.56. The van der Waals surface area contributed by atoms with Gasteiger partial charge in [0.05, 0.1) is 7.11 Å². The molecule has 2 atom stereocenters. The van der Waals surface area contributed by atoms with Gasteiger partial charge in [-0.15, -0.1) is 0 Å². The van der Waals surface area contributed by atoms with Gasteiger partial charge in [0.25, 0.3) is 0 Å². The minimum Gasteiger partial charge on any atom is -0.467 e. The summed E-state index contributed by atoms with van der Waals surface area (Å²) in [6, 6.07) is 0.0142. The molecule has 0 aromatic heterocycles. The molecule has 4 heteroatoms. The average molecular weight is 181 g/mol. The van der Waals surface area contributed by atoms with Gasteiger partial charge in [-0.1, -0.05) is 12.2 Å². The van der Waals surface area contributed by atoms with Gasteiger partial charge in [-0.05, 0) is 0 Å². The van der Waals surface area contributed by atoms with Gasteiger partial charge in [-0.25, -0.2) is 4.79 Å². The number of carbonyl (C=O) groups is 2. The topological polar surface area (TPSA) is 55.4 Å². The third kappa shape index (κ3) is 1.18. The normalized spacial score (nSPS) is 36.4. The van der Waals surface area contributed by atoms with Gasteiger partial charge < -0.3 is 4.74 Å². The van der Waals surface area contributed by atoms with Crippen LogP contribution >= 0.6 is 0 Å². The Balaban J connectivity index is 2.28. The van der Waals surface area contributed by atoms with Crippen molar-refractivity contribution in [3.63, 3.8) is 0 Å². The summed E-state index contributed by atoms with van der Waals surface area (Å²) in [5.41, 5.74) is -0.866.